The smallest absolute Gasteiger partial charge is 0.416 e. The van der Waals surface area contributed by atoms with Gasteiger partial charge in [0, 0.05) is 17.0 Å². The SMILES string of the molecule is CC(NC(=O)OC(C)(C)C)C(=O)CC(c1cc(C(F)(F)F)cc(C(F)(F)F)c1)c1csc2ccccc12. The van der Waals surface area contributed by atoms with Gasteiger partial charge in [-0.2, -0.15) is 26.3 Å². The minimum Gasteiger partial charge on any atom is -0.444 e. The zero-order chi connectivity index (χ0) is 27.8. The Morgan fingerprint density at radius 1 is 0.946 bits per heavy atom. The number of hydrogen-bond donors (Lipinski definition) is 1. The third-order valence-electron chi connectivity index (χ3n) is 5.52. The van der Waals surface area contributed by atoms with Gasteiger partial charge in [-0.1, -0.05) is 18.2 Å². The quantitative estimate of drug-likeness (QED) is 0.320. The van der Waals surface area contributed by atoms with Crippen LogP contribution in [0.5, 0.6) is 0 Å². The van der Waals surface area contributed by atoms with Gasteiger partial charge in [-0.05, 0) is 73.9 Å². The highest BCUT2D eigenvalue weighted by atomic mass is 32.1. The summed E-state index contributed by atoms with van der Waals surface area (Å²) in [6.45, 7) is 6.26. The van der Waals surface area contributed by atoms with Gasteiger partial charge in [-0.15, -0.1) is 11.3 Å². The van der Waals surface area contributed by atoms with E-state index >= 15 is 0 Å². The number of rotatable bonds is 6. The number of ether oxygens (including phenoxy) is 1. The number of benzene rings is 2. The molecule has 0 spiro atoms. The number of fused-ring (bicyclic) bond motifs is 1. The summed E-state index contributed by atoms with van der Waals surface area (Å²) < 4.78 is 87.3. The topological polar surface area (TPSA) is 55.4 Å². The van der Waals surface area contributed by atoms with Crippen molar-refractivity contribution in [3.8, 4) is 0 Å². The highest BCUT2D eigenvalue weighted by molar-refractivity contribution is 7.17. The Morgan fingerprint density at radius 2 is 1.51 bits per heavy atom. The molecular weight excluding hydrogens is 520 g/mol. The van der Waals surface area contributed by atoms with Crippen molar-refractivity contribution >= 4 is 33.3 Å². The maximum Gasteiger partial charge on any atom is 0.416 e. The van der Waals surface area contributed by atoms with E-state index in [1.54, 1.807) is 50.4 Å². The molecule has 3 aromatic rings. The summed E-state index contributed by atoms with van der Waals surface area (Å²) in [7, 11) is 0. The Kier molecular flexibility index (Phi) is 7.97. The number of carbonyl (C=O) groups excluding carboxylic acids is 2. The first-order chi connectivity index (χ1) is 17.0. The summed E-state index contributed by atoms with van der Waals surface area (Å²) in [5.74, 6) is -1.72. The summed E-state index contributed by atoms with van der Waals surface area (Å²) in [4.78, 5) is 25.2. The average Bonchev–Trinajstić information content (AvgIpc) is 3.18. The number of amides is 1. The number of Topliss-reactive ketones (excluding diaryl/α,β-unsaturated/α-hetero) is 1. The van der Waals surface area contributed by atoms with Crippen molar-refractivity contribution < 1.29 is 40.7 Å². The molecule has 0 saturated carbocycles. The highest BCUT2D eigenvalue weighted by Gasteiger charge is 2.38. The van der Waals surface area contributed by atoms with Gasteiger partial charge in [0.15, 0.2) is 5.78 Å². The van der Waals surface area contributed by atoms with Crippen LogP contribution in [-0.4, -0.2) is 23.5 Å². The largest absolute Gasteiger partial charge is 0.444 e. The molecule has 37 heavy (non-hydrogen) atoms. The molecule has 1 heterocycles. The average molecular weight is 546 g/mol. The van der Waals surface area contributed by atoms with Crippen molar-refractivity contribution in [3.05, 3.63) is 70.1 Å². The minimum absolute atomic E-state index is 0.0563. The molecule has 3 rings (SSSR count). The first-order valence-electron chi connectivity index (χ1n) is 11.2. The molecular formula is C26H25F6NO3S. The Labute approximate surface area is 213 Å². The van der Waals surface area contributed by atoms with E-state index in [0.717, 1.165) is 4.70 Å². The normalized spacial score (nSPS) is 14.3. The van der Waals surface area contributed by atoms with Gasteiger partial charge in [0.25, 0.3) is 0 Å². The number of ketones is 1. The Hall–Kier alpha value is -3.08. The molecule has 1 N–H and O–H groups in total. The molecule has 2 atom stereocenters. The molecule has 0 saturated heterocycles. The van der Waals surface area contributed by atoms with Gasteiger partial charge in [-0.3, -0.25) is 4.79 Å². The molecule has 0 aliphatic carbocycles. The summed E-state index contributed by atoms with van der Waals surface area (Å²) in [6.07, 6.45) is -11.4. The van der Waals surface area contributed by atoms with Gasteiger partial charge in [0.1, 0.15) is 5.60 Å². The van der Waals surface area contributed by atoms with Crippen molar-refractivity contribution in [1.29, 1.82) is 0 Å². The van der Waals surface area contributed by atoms with Gasteiger partial charge < -0.3 is 10.1 Å². The number of nitrogens with one attached hydrogen (secondary N) is 1. The lowest BCUT2D eigenvalue weighted by atomic mass is 9.84. The molecule has 0 fully saturated rings. The van der Waals surface area contributed by atoms with Crippen molar-refractivity contribution in [2.75, 3.05) is 0 Å². The van der Waals surface area contributed by atoms with Crippen LogP contribution in [0.25, 0.3) is 10.1 Å². The second kappa shape index (κ2) is 10.4. The van der Waals surface area contributed by atoms with E-state index in [1.807, 2.05) is 0 Å². The molecule has 11 heteroatoms. The molecule has 0 radical (unpaired) electrons. The van der Waals surface area contributed by atoms with Gasteiger partial charge in [-0.25, -0.2) is 4.79 Å². The summed E-state index contributed by atoms with van der Waals surface area (Å²) in [5.41, 5.74) is -3.64. The molecule has 4 nitrogen and oxygen atoms in total. The lowest BCUT2D eigenvalue weighted by molar-refractivity contribution is -0.143. The van der Waals surface area contributed by atoms with Crippen LogP contribution in [0.3, 0.4) is 0 Å². The fourth-order valence-corrected chi connectivity index (χ4v) is 4.81. The van der Waals surface area contributed by atoms with Crippen LogP contribution in [0.15, 0.2) is 47.8 Å². The monoisotopic (exact) mass is 545 g/mol. The molecule has 1 amide bonds. The van der Waals surface area contributed by atoms with E-state index in [2.05, 4.69) is 5.32 Å². The predicted molar refractivity (Wildman–Crippen MR) is 129 cm³/mol. The maximum absolute atomic E-state index is 13.6. The third-order valence-corrected chi connectivity index (χ3v) is 6.50. The maximum atomic E-state index is 13.6. The number of halogens is 6. The van der Waals surface area contributed by atoms with E-state index in [1.165, 1.54) is 18.3 Å². The summed E-state index contributed by atoms with van der Waals surface area (Å²) in [6, 6.07) is 7.15. The molecule has 0 bridgehead atoms. The Bertz CT molecular complexity index is 1260. The lowest BCUT2D eigenvalue weighted by Gasteiger charge is -2.24. The minimum atomic E-state index is -5.03. The van der Waals surface area contributed by atoms with E-state index < -0.39 is 59.3 Å². The fourth-order valence-electron chi connectivity index (χ4n) is 3.80. The summed E-state index contributed by atoms with van der Waals surface area (Å²) >= 11 is 1.26. The molecule has 2 unspecified atom stereocenters. The summed E-state index contributed by atoms with van der Waals surface area (Å²) in [5, 5.41) is 4.62. The van der Waals surface area contributed by atoms with Crippen molar-refractivity contribution in [2.45, 2.75) is 64.0 Å². The van der Waals surface area contributed by atoms with Crippen LogP contribution >= 0.6 is 11.3 Å². The zero-order valence-corrected chi connectivity index (χ0v) is 21.2. The van der Waals surface area contributed by atoms with Crippen molar-refractivity contribution in [1.82, 2.24) is 5.32 Å². The zero-order valence-electron chi connectivity index (χ0n) is 20.4. The second-order valence-corrected chi connectivity index (χ2v) is 10.5. The number of carbonyl (C=O) groups is 2. The Morgan fingerprint density at radius 3 is 2.05 bits per heavy atom. The van der Waals surface area contributed by atoms with Crippen LogP contribution in [0, 0.1) is 0 Å². The number of hydrogen-bond acceptors (Lipinski definition) is 4. The highest BCUT2D eigenvalue weighted by Crippen LogP contribution is 2.42. The van der Waals surface area contributed by atoms with Gasteiger partial charge >= 0.3 is 18.4 Å². The van der Waals surface area contributed by atoms with Crippen molar-refractivity contribution in [2.24, 2.45) is 0 Å². The first kappa shape index (κ1) is 28.5. The van der Waals surface area contributed by atoms with Gasteiger partial charge in [0.05, 0.1) is 17.2 Å². The van der Waals surface area contributed by atoms with E-state index in [9.17, 15) is 35.9 Å². The van der Waals surface area contributed by atoms with Crippen LogP contribution in [0.2, 0.25) is 0 Å². The molecule has 200 valence electrons. The third kappa shape index (κ3) is 7.24. The number of alkyl carbamates (subject to hydrolysis) is 1. The van der Waals surface area contributed by atoms with Crippen LogP contribution < -0.4 is 5.32 Å². The van der Waals surface area contributed by atoms with Gasteiger partial charge in [0.2, 0.25) is 0 Å². The number of thiophene rings is 1. The standard InChI is InChI=1S/C26H25F6NO3S/c1-14(33-23(35)36-24(2,3)4)21(34)12-19(20-13-37-22-8-6-5-7-18(20)22)15-9-16(25(27,28)29)11-17(10-15)26(30,31)32/h5-11,13-14,19H,12H2,1-4H3,(H,33,35). The lowest BCUT2D eigenvalue weighted by Crippen LogP contribution is -2.42. The van der Waals surface area contributed by atoms with E-state index in [-0.39, 0.29) is 11.6 Å². The van der Waals surface area contributed by atoms with Crippen LogP contribution in [0.4, 0.5) is 31.1 Å². The molecule has 0 aliphatic rings. The Balaban J connectivity index is 2.08. The fraction of sp³-hybridized carbons (Fsp3) is 0.385. The van der Waals surface area contributed by atoms with Crippen LogP contribution in [0.1, 0.15) is 62.3 Å². The molecule has 1 aromatic heterocycles. The first-order valence-corrected chi connectivity index (χ1v) is 12.1. The van der Waals surface area contributed by atoms with Crippen LogP contribution in [-0.2, 0) is 21.9 Å². The van der Waals surface area contributed by atoms with E-state index in [0.29, 0.717) is 23.1 Å². The molecule has 0 aliphatic heterocycles. The molecule has 2 aromatic carbocycles. The second-order valence-electron chi connectivity index (χ2n) is 9.62. The number of alkyl halides is 6. The van der Waals surface area contributed by atoms with Crippen molar-refractivity contribution in [3.63, 3.8) is 0 Å². The predicted octanol–water partition coefficient (Wildman–Crippen LogP) is 7.94. The van der Waals surface area contributed by atoms with E-state index in [4.69, 9.17) is 4.74 Å².